The topological polar surface area (TPSA) is 38.7 Å². The molecule has 27 heavy (non-hydrogen) atoms. The molecule has 3 aromatic heterocycles. The van der Waals surface area contributed by atoms with E-state index < -0.39 is 8.07 Å². The van der Waals surface area contributed by atoms with E-state index in [1.165, 1.54) is 27.1 Å². The third-order valence-corrected chi connectivity index (χ3v) is 8.55. The van der Waals surface area contributed by atoms with Gasteiger partial charge in [-0.25, -0.2) is 0 Å². The maximum absolute atomic E-state index is 4.60. The van der Waals surface area contributed by atoms with Crippen LogP contribution in [-0.2, 0) is 0 Å². The van der Waals surface area contributed by atoms with Crippen molar-refractivity contribution in [2.75, 3.05) is 0 Å². The summed E-state index contributed by atoms with van der Waals surface area (Å²) in [4.78, 5) is 13.2. The van der Waals surface area contributed by atoms with Crippen LogP contribution in [0, 0.1) is 0 Å². The summed E-state index contributed by atoms with van der Waals surface area (Å²) in [6.45, 7) is 4.77. The van der Waals surface area contributed by atoms with E-state index >= 15 is 0 Å². The lowest BCUT2D eigenvalue weighted by Crippen LogP contribution is -2.54. The van der Waals surface area contributed by atoms with E-state index in [4.69, 9.17) is 0 Å². The average Bonchev–Trinajstić information content (AvgIpc) is 2.75. The Morgan fingerprint density at radius 2 is 1.37 bits per heavy atom. The Labute approximate surface area is 160 Å². The minimum Gasteiger partial charge on any atom is -0.265 e. The molecule has 0 aliphatic rings. The van der Waals surface area contributed by atoms with Gasteiger partial charge in [-0.05, 0) is 57.4 Å². The SMILES string of the molecule is C[Si](C)(c1cnccc1-c1ccncc1)c1ccccc1-c1ccccn1. The molecule has 0 saturated heterocycles. The fourth-order valence-corrected chi connectivity index (χ4v) is 6.58. The molecule has 1 aromatic carbocycles. The Balaban J connectivity index is 1.90. The lowest BCUT2D eigenvalue weighted by molar-refractivity contribution is 1.31. The van der Waals surface area contributed by atoms with Crippen molar-refractivity contribution in [2.24, 2.45) is 0 Å². The molecule has 0 bridgehead atoms. The van der Waals surface area contributed by atoms with Crippen LogP contribution in [0.4, 0.5) is 0 Å². The third-order valence-electron chi connectivity index (χ3n) is 5.03. The van der Waals surface area contributed by atoms with E-state index in [-0.39, 0.29) is 0 Å². The molecule has 0 atom stereocenters. The summed E-state index contributed by atoms with van der Waals surface area (Å²) in [5, 5.41) is 2.69. The maximum Gasteiger partial charge on any atom is 0.115 e. The highest BCUT2D eigenvalue weighted by atomic mass is 28.3. The van der Waals surface area contributed by atoms with Crippen LogP contribution in [0.25, 0.3) is 22.4 Å². The number of benzene rings is 1. The van der Waals surface area contributed by atoms with Crippen LogP contribution in [0.3, 0.4) is 0 Å². The summed E-state index contributed by atoms with van der Waals surface area (Å²) in [5.74, 6) is 0. The van der Waals surface area contributed by atoms with Crippen molar-refractivity contribution < 1.29 is 0 Å². The summed E-state index contributed by atoms with van der Waals surface area (Å²) < 4.78 is 0. The molecular weight excluding hydrogens is 346 g/mol. The monoisotopic (exact) mass is 367 g/mol. The first-order valence-corrected chi connectivity index (χ1v) is 12.0. The fourth-order valence-electron chi connectivity index (χ4n) is 3.59. The van der Waals surface area contributed by atoms with Crippen molar-refractivity contribution in [3.63, 3.8) is 0 Å². The molecule has 4 rings (SSSR count). The van der Waals surface area contributed by atoms with Crippen LogP contribution in [-0.4, -0.2) is 23.0 Å². The van der Waals surface area contributed by atoms with Crippen molar-refractivity contribution in [3.8, 4) is 22.4 Å². The van der Waals surface area contributed by atoms with Crippen LogP contribution in [0.2, 0.25) is 13.1 Å². The van der Waals surface area contributed by atoms with Gasteiger partial charge in [-0.1, -0.05) is 43.4 Å². The normalized spacial score (nSPS) is 11.3. The van der Waals surface area contributed by atoms with Crippen LogP contribution in [0.1, 0.15) is 0 Å². The quantitative estimate of drug-likeness (QED) is 0.511. The second kappa shape index (κ2) is 7.25. The Morgan fingerprint density at radius 1 is 0.630 bits per heavy atom. The van der Waals surface area contributed by atoms with Gasteiger partial charge in [0.2, 0.25) is 0 Å². The van der Waals surface area contributed by atoms with Crippen LogP contribution in [0.15, 0.2) is 91.6 Å². The smallest absolute Gasteiger partial charge is 0.115 e. The largest absolute Gasteiger partial charge is 0.265 e. The molecule has 0 aliphatic heterocycles. The highest BCUT2D eigenvalue weighted by Gasteiger charge is 2.31. The van der Waals surface area contributed by atoms with Gasteiger partial charge in [-0.3, -0.25) is 15.0 Å². The van der Waals surface area contributed by atoms with Gasteiger partial charge in [-0.15, -0.1) is 0 Å². The summed E-state index contributed by atoms with van der Waals surface area (Å²) in [6.07, 6.45) is 9.45. The molecular formula is C23H21N3Si. The fraction of sp³-hybridized carbons (Fsp3) is 0.0870. The first kappa shape index (κ1) is 17.3. The molecule has 0 radical (unpaired) electrons. The van der Waals surface area contributed by atoms with Crippen molar-refractivity contribution >= 4 is 18.4 Å². The van der Waals surface area contributed by atoms with Crippen molar-refractivity contribution in [3.05, 3.63) is 91.6 Å². The van der Waals surface area contributed by atoms with E-state index in [2.05, 4.69) is 76.6 Å². The highest BCUT2D eigenvalue weighted by molar-refractivity contribution is 7.01. The lowest BCUT2D eigenvalue weighted by atomic mass is 10.1. The van der Waals surface area contributed by atoms with E-state index in [0.29, 0.717) is 0 Å². The standard InChI is InChI=1S/C23H21N3Si/c1-27(2,22-9-4-3-7-20(22)21-8-5-6-13-26-21)23-17-25-16-12-19(23)18-10-14-24-15-11-18/h3-17H,1-2H3. The molecule has 0 amide bonds. The van der Waals surface area contributed by atoms with Gasteiger partial charge in [-0.2, -0.15) is 0 Å². The predicted octanol–water partition coefficient (Wildman–Crippen LogP) is 4.03. The van der Waals surface area contributed by atoms with E-state index in [1.54, 1.807) is 0 Å². The Hall–Kier alpha value is -3.11. The molecule has 132 valence electrons. The van der Waals surface area contributed by atoms with Crippen LogP contribution in [0.5, 0.6) is 0 Å². The molecule has 0 fully saturated rings. The first-order chi connectivity index (χ1) is 13.2. The van der Waals surface area contributed by atoms with Gasteiger partial charge in [0.15, 0.2) is 0 Å². The average molecular weight is 368 g/mol. The molecule has 0 unspecified atom stereocenters. The third kappa shape index (κ3) is 3.31. The second-order valence-corrected chi connectivity index (χ2v) is 11.4. The first-order valence-electron chi connectivity index (χ1n) is 9.04. The van der Waals surface area contributed by atoms with Gasteiger partial charge in [0.25, 0.3) is 0 Å². The van der Waals surface area contributed by atoms with Crippen molar-refractivity contribution in [1.29, 1.82) is 0 Å². The van der Waals surface area contributed by atoms with E-state index in [0.717, 1.165) is 5.69 Å². The number of nitrogens with zero attached hydrogens (tertiary/aromatic N) is 3. The van der Waals surface area contributed by atoms with Crippen LogP contribution < -0.4 is 10.4 Å². The van der Waals surface area contributed by atoms with E-state index in [9.17, 15) is 0 Å². The number of pyridine rings is 3. The van der Waals surface area contributed by atoms with Gasteiger partial charge >= 0.3 is 0 Å². The molecule has 0 aliphatic carbocycles. The van der Waals surface area contributed by atoms with Crippen LogP contribution >= 0.6 is 0 Å². The van der Waals surface area contributed by atoms with Gasteiger partial charge < -0.3 is 0 Å². The van der Waals surface area contributed by atoms with Crippen molar-refractivity contribution in [2.45, 2.75) is 13.1 Å². The zero-order valence-corrected chi connectivity index (χ0v) is 16.5. The summed E-state index contributed by atoms with van der Waals surface area (Å²) in [6, 6.07) is 21.0. The summed E-state index contributed by atoms with van der Waals surface area (Å²) in [7, 11) is -2.03. The summed E-state index contributed by atoms with van der Waals surface area (Å²) in [5.41, 5.74) is 4.64. The zero-order chi connectivity index (χ0) is 18.7. The molecule has 0 saturated carbocycles. The highest BCUT2D eigenvalue weighted by Crippen LogP contribution is 2.22. The number of aromatic nitrogens is 3. The number of hydrogen-bond donors (Lipinski definition) is 0. The predicted molar refractivity (Wildman–Crippen MR) is 114 cm³/mol. The minimum absolute atomic E-state index is 1.02. The van der Waals surface area contributed by atoms with Gasteiger partial charge in [0.05, 0.1) is 5.69 Å². The zero-order valence-electron chi connectivity index (χ0n) is 15.5. The van der Waals surface area contributed by atoms with E-state index in [1.807, 2.05) is 43.1 Å². The Kier molecular flexibility index (Phi) is 4.65. The molecule has 3 nitrogen and oxygen atoms in total. The molecule has 4 heteroatoms. The van der Waals surface area contributed by atoms with Gasteiger partial charge in [0, 0.05) is 31.0 Å². The van der Waals surface area contributed by atoms with Crippen molar-refractivity contribution in [1.82, 2.24) is 15.0 Å². The Morgan fingerprint density at radius 3 is 2.15 bits per heavy atom. The number of hydrogen-bond acceptors (Lipinski definition) is 3. The lowest BCUT2D eigenvalue weighted by Gasteiger charge is -2.28. The number of rotatable bonds is 4. The van der Waals surface area contributed by atoms with Gasteiger partial charge in [0.1, 0.15) is 8.07 Å². The Bertz CT molecular complexity index is 962. The second-order valence-electron chi connectivity index (χ2n) is 7.04. The molecule has 3 heterocycles. The summed E-state index contributed by atoms with van der Waals surface area (Å²) >= 11 is 0. The molecule has 0 spiro atoms. The minimum atomic E-state index is -2.03. The maximum atomic E-state index is 4.60. The molecule has 4 aromatic rings. The molecule has 0 N–H and O–H groups in total.